The van der Waals surface area contributed by atoms with E-state index in [0.29, 0.717) is 18.2 Å². The van der Waals surface area contributed by atoms with Crippen LogP contribution in [0.15, 0.2) is 66.0 Å². The van der Waals surface area contributed by atoms with E-state index in [9.17, 15) is 4.79 Å². The number of carbonyl (C=O) groups excluding carboxylic acids is 1. The van der Waals surface area contributed by atoms with Crippen LogP contribution in [0, 0.1) is 0 Å². The Kier molecular flexibility index (Phi) is 6.70. The van der Waals surface area contributed by atoms with Crippen molar-refractivity contribution in [2.24, 2.45) is 0 Å². The van der Waals surface area contributed by atoms with Gasteiger partial charge < -0.3 is 10.6 Å². The maximum Gasteiger partial charge on any atom is 0.270 e. The number of amides is 1. The molecule has 1 aromatic heterocycles. The fourth-order valence-electron chi connectivity index (χ4n) is 3.97. The van der Waals surface area contributed by atoms with E-state index < -0.39 is 0 Å². The Morgan fingerprint density at radius 3 is 2.28 bits per heavy atom. The number of hydrogen-bond donors (Lipinski definition) is 2. The number of benzene rings is 2. The van der Waals surface area contributed by atoms with Gasteiger partial charge in [0.05, 0.1) is 5.01 Å². The molecule has 3 aromatic rings. The van der Waals surface area contributed by atoms with Crippen molar-refractivity contribution in [3.8, 4) is 0 Å². The lowest BCUT2D eigenvalue weighted by Gasteiger charge is -2.20. The normalized spacial score (nSPS) is 14.8. The second kappa shape index (κ2) is 9.81. The highest BCUT2D eigenvalue weighted by Gasteiger charge is 2.20. The third-order valence-corrected chi connectivity index (χ3v) is 6.57. The van der Waals surface area contributed by atoms with Gasteiger partial charge >= 0.3 is 0 Å². The monoisotopic (exact) mass is 405 g/mol. The van der Waals surface area contributed by atoms with Crippen LogP contribution in [-0.4, -0.2) is 30.5 Å². The summed E-state index contributed by atoms with van der Waals surface area (Å²) in [6.45, 7) is 2.69. The Hall–Kier alpha value is -2.50. The van der Waals surface area contributed by atoms with Gasteiger partial charge in [0.1, 0.15) is 5.69 Å². The summed E-state index contributed by atoms with van der Waals surface area (Å²) in [4.78, 5) is 17.2. The number of piperidine rings is 1. The number of nitrogens with zero attached hydrogens (tertiary/aromatic N) is 1. The molecule has 0 saturated carbocycles. The van der Waals surface area contributed by atoms with Gasteiger partial charge in [0, 0.05) is 23.8 Å². The van der Waals surface area contributed by atoms with Crippen molar-refractivity contribution in [1.29, 1.82) is 0 Å². The number of nitrogens with one attached hydrogen (secondary N) is 2. The molecule has 150 valence electrons. The first-order chi connectivity index (χ1) is 14.3. The van der Waals surface area contributed by atoms with Gasteiger partial charge in [-0.2, -0.15) is 0 Å². The topological polar surface area (TPSA) is 54.0 Å². The van der Waals surface area contributed by atoms with Crippen molar-refractivity contribution in [1.82, 2.24) is 15.6 Å². The standard InChI is InChI=1S/C24H27N3OS/c28-23(22-17-29-24(27-22)20-11-14-25-15-12-20)26-16-13-21(18-7-3-1-4-8-18)19-9-5-2-6-10-19/h1-10,17,20-21,25H,11-16H2,(H,26,28). The van der Waals surface area contributed by atoms with Crippen LogP contribution in [0.5, 0.6) is 0 Å². The van der Waals surface area contributed by atoms with Crippen molar-refractivity contribution in [3.05, 3.63) is 87.9 Å². The number of aromatic nitrogens is 1. The molecule has 0 bridgehead atoms. The van der Waals surface area contributed by atoms with Gasteiger partial charge in [-0.3, -0.25) is 4.79 Å². The molecule has 0 atom stereocenters. The van der Waals surface area contributed by atoms with E-state index in [2.05, 4.69) is 64.1 Å². The van der Waals surface area contributed by atoms with Crippen molar-refractivity contribution in [2.45, 2.75) is 31.1 Å². The third-order valence-electron chi connectivity index (χ3n) is 5.57. The maximum absolute atomic E-state index is 12.6. The second-order valence-corrected chi connectivity index (χ2v) is 8.40. The van der Waals surface area contributed by atoms with Gasteiger partial charge in [0.15, 0.2) is 0 Å². The van der Waals surface area contributed by atoms with E-state index in [1.165, 1.54) is 11.1 Å². The van der Waals surface area contributed by atoms with Crippen molar-refractivity contribution >= 4 is 17.2 Å². The van der Waals surface area contributed by atoms with E-state index in [1.54, 1.807) is 11.3 Å². The molecule has 1 aliphatic heterocycles. The van der Waals surface area contributed by atoms with Gasteiger partial charge in [-0.15, -0.1) is 11.3 Å². The van der Waals surface area contributed by atoms with E-state index in [1.807, 2.05) is 17.5 Å². The molecule has 0 spiro atoms. The van der Waals surface area contributed by atoms with Crippen LogP contribution in [0.25, 0.3) is 0 Å². The van der Waals surface area contributed by atoms with Crippen molar-refractivity contribution < 1.29 is 4.79 Å². The van der Waals surface area contributed by atoms with Crippen molar-refractivity contribution in [3.63, 3.8) is 0 Å². The van der Waals surface area contributed by atoms with Gasteiger partial charge in [0.2, 0.25) is 0 Å². The quantitative estimate of drug-likeness (QED) is 0.606. The molecule has 4 rings (SSSR count). The Balaban J connectivity index is 1.37. The summed E-state index contributed by atoms with van der Waals surface area (Å²) in [5.74, 6) is 0.683. The summed E-state index contributed by atoms with van der Waals surface area (Å²) < 4.78 is 0. The summed E-state index contributed by atoms with van der Waals surface area (Å²) in [5.41, 5.74) is 3.10. The molecule has 2 N–H and O–H groups in total. The van der Waals surface area contributed by atoms with E-state index in [0.717, 1.165) is 37.4 Å². The highest BCUT2D eigenvalue weighted by molar-refractivity contribution is 7.09. The summed E-state index contributed by atoms with van der Waals surface area (Å²) >= 11 is 1.62. The number of hydrogen-bond acceptors (Lipinski definition) is 4. The molecule has 5 heteroatoms. The largest absolute Gasteiger partial charge is 0.351 e. The minimum atomic E-state index is -0.0682. The summed E-state index contributed by atoms with van der Waals surface area (Å²) in [6.07, 6.45) is 3.06. The smallest absolute Gasteiger partial charge is 0.270 e. The van der Waals surface area contributed by atoms with Crippen LogP contribution >= 0.6 is 11.3 Å². The molecule has 2 aromatic carbocycles. The lowest BCUT2D eigenvalue weighted by atomic mass is 9.88. The van der Waals surface area contributed by atoms with Gasteiger partial charge in [-0.05, 0) is 43.5 Å². The Morgan fingerprint density at radius 2 is 1.66 bits per heavy atom. The predicted octanol–water partition coefficient (Wildman–Crippen LogP) is 4.56. The van der Waals surface area contributed by atoms with Crippen LogP contribution in [-0.2, 0) is 0 Å². The fourth-order valence-corrected chi connectivity index (χ4v) is 4.94. The average molecular weight is 406 g/mol. The molecule has 1 aliphatic rings. The van der Waals surface area contributed by atoms with Crippen LogP contribution < -0.4 is 10.6 Å². The fraction of sp³-hybridized carbons (Fsp3) is 0.333. The van der Waals surface area contributed by atoms with E-state index in [-0.39, 0.29) is 11.8 Å². The molecule has 0 aliphatic carbocycles. The average Bonchev–Trinajstić information content (AvgIpc) is 3.29. The molecule has 1 fully saturated rings. The lowest BCUT2D eigenvalue weighted by Crippen LogP contribution is -2.27. The first-order valence-corrected chi connectivity index (χ1v) is 11.2. The number of rotatable bonds is 7. The molecular formula is C24H27N3OS. The first kappa shape index (κ1) is 19.8. The number of carbonyl (C=O) groups is 1. The Labute approximate surface area is 176 Å². The van der Waals surface area contributed by atoms with E-state index >= 15 is 0 Å². The highest BCUT2D eigenvalue weighted by atomic mass is 32.1. The minimum absolute atomic E-state index is 0.0682. The second-order valence-electron chi connectivity index (χ2n) is 7.51. The summed E-state index contributed by atoms with van der Waals surface area (Å²) in [6, 6.07) is 21.0. The maximum atomic E-state index is 12.6. The Bertz CT molecular complexity index is 865. The molecule has 4 nitrogen and oxygen atoms in total. The molecule has 0 unspecified atom stereocenters. The van der Waals surface area contributed by atoms with Crippen LogP contribution in [0.4, 0.5) is 0 Å². The molecule has 1 saturated heterocycles. The van der Waals surface area contributed by atoms with E-state index in [4.69, 9.17) is 0 Å². The predicted molar refractivity (Wildman–Crippen MR) is 119 cm³/mol. The van der Waals surface area contributed by atoms with Crippen molar-refractivity contribution in [2.75, 3.05) is 19.6 Å². The Morgan fingerprint density at radius 1 is 1.03 bits per heavy atom. The van der Waals surface area contributed by atoms with Gasteiger partial charge in [-0.1, -0.05) is 60.7 Å². The van der Waals surface area contributed by atoms with Gasteiger partial charge in [0.25, 0.3) is 5.91 Å². The SMILES string of the molecule is O=C(NCCC(c1ccccc1)c1ccccc1)c1csc(C2CCNCC2)n1. The third kappa shape index (κ3) is 5.11. The number of thiazole rings is 1. The molecule has 2 heterocycles. The highest BCUT2D eigenvalue weighted by Crippen LogP contribution is 2.29. The lowest BCUT2D eigenvalue weighted by molar-refractivity contribution is 0.0948. The summed E-state index contributed by atoms with van der Waals surface area (Å²) in [5, 5.41) is 9.46. The van der Waals surface area contributed by atoms with Crippen LogP contribution in [0.1, 0.15) is 57.7 Å². The molecule has 0 radical (unpaired) electrons. The molecule has 1 amide bonds. The first-order valence-electron chi connectivity index (χ1n) is 10.4. The molecular weight excluding hydrogens is 378 g/mol. The van der Waals surface area contributed by atoms with Crippen LogP contribution in [0.3, 0.4) is 0 Å². The van der Waals surface area contributed by atoms with Crippen LogP contribution in [0.2, 0.25) is 0 Å². The summed E-state index contributed by atoms with van der Waals surface area (Å²) in [7, 11) is 0. The zero-order chi connectivity index (χ0) is 19.9. The minimum Gasteiger partial charge on any atom is -0.351 e. The van der Waals surface area contributed by atoms with Gasteiger partial charge in [-0.25, -0.2) is 4.98 Å². The molecule has 29 heavy (non-hydrogen) atoms. The zero-order valence-corrected chi connectivity index (χ0v) is 17.3. The zero-order valence-electron chi connectivity index (χ0n) is 16.5.